The molecule has 0 aliphatic rings. The van der Waals surface area contributed by atoms with Crippen molar-refractivity contribution in [3.63, 3.8) is 0 Å². The molecule has 0 heterocycles. The zero-order chi connectivity index (χ0) is 13.7. The largest absolute Gasteiger partial charge is 0.493 e. The molecule has 0 bridgehead atoms. The van der Waals surface area contributed by atoms with Gasteiger partial charge in [0.25, 0.3) is 5.69 Å². The summed E-state index contributed by atoms with van der Waals surface area (Å²) >= 11 is 0. The fourth-order valence-corrected chi connectivity index (χ4v) is 1.35. The van der Waals surface area contributed by atoms with Crippen molar-refractivity contribution in [2.45, 2.75) is 0 Å². The summed E-state index contributed by atoms with van der Waals surface area (Å²) in [6.07, 6.45) is 2.29. The Morgan fingerprint density at radius 3 is 2.33 bits per heavy atom. The molecule has 1 aromatic rings. The lowest BCUT2D eigenvalue weighted by Crippen LogP contribution is -2.05. The molecule has 0 atom stereocenters. The van der Waals surface area contributed by atoms with E-state index in [0.717, 1.165) is 6.08 Å². The average Bonchev–Trinajstić information content (AvgIpc) is 2.34. The molecule has 18 heavy (non-hydrogen) atoms. The number of ether oxygens (including phenoxy) is 2. The number of hydrogen-bond acceptors (Lipinski definition) is 5. The van der Waals surface area contributed by atoms with Crippen LogP contribution in [0.25, 0.3) is 6.08 Å². The van der Waals surface area contributed by atoms with Crippen LogP contribution >= 0.6 is 0 Å². The van der Waals surface area contributed by atoms with Crippen molar-refractivity contribution in [2.75, 3.05) is 14.2 Å². The molecule has 1 rings (SSSR count). The molecule has 1 aromatic carbocycles. The van der Waals surface area contributed by atoms with E-state index in [1.807, 2.05) is 0 Å². The van der Waals surface area contributed by atoms with Gasteiger partial charge < -0.3 is 15.2 Å². The molecule has 7 nitrogen and oxygen atoms in total. The normalized spacial score (nSPS) is 10.3. The van der Waals surface area contributed by atoms with Gasteiger partial charge in [-0.3, -0.25) is 14.9 Å². The van der Waals surface area contributed by atoms with Crippen LogP contribution in [0, 0.1) is 10.1 Å². The molecule has 0 aliphatic carbocycles. The number of hydrogen-bond donors (Lipinski definition) is 1. The maximum Gasteiger partial charge on any atom is 0.280 e. The van der Waals surface area contributed by atoms with E-state index in [9.17, 15) is 14.9 Å². The number of carbonyl (C=O) groups is 1. The first kappa shape index (κ1) is 13.5. The van der Waals surface area contributed by atoms with Gasteiger partial charge in [0.1, 0.15) is 0 Å². The molecule has 0 fully saturated rings. The lowest BCUT2D eigenvalue weighted by atomic mass is 10.1. The number of nitrogens with two attached hydrogens (primary N) is 1. The van der Waals surface area contributed by atoms with Crippen LogP contribution in [-0.4, -0.2) is 25.1 Å². The Balaban J connectivity index is 3.37. The zero-order valence-electron chi connectivity index (χ0n) is 9.88. The summed E-state index contributed by atoms with van der Waals surface area (Å²) in [6.45, 7) is 0. The molecule has 0 saturated carbocycles. The van der Waals surface area contributed by atoms with Crippen LogP contribution < -0.4 is 15.2 Å². The van der Waals surface area contributed by atoms with E-state index in [-0.39, 0.29) is 17.0 Å². The second-order valence-electron chi connectivity index (χ2n) is 3.26. The van der Waals surface area contributed by atoms with Gasteiger partial charge in [-0.25, -0.2) is 0 Å². The van der Waals surface area contributed by atoms with Crippen LogP contribution in [0.4, 0.5) is 5.69 Å². The summed E-state index contributed by atoms with van der Waals surface area (Å²) in [5.74, 6) is -0.133. The van der Waals surface area contributed by atoms with Gasteiger partial charge in [0.2, 0.25) is 5.91 Å². The maximum atomic E-state index is 10.9. The van der Waals surface area contributed by atoms with Gasteiger partial charge in [-0.1, -0.05) is 0 Å². The van der Waals surface area contributed by atoms with Crippen molar-refractivity contribution < 1.29 is 19.2 Å². The van der Waals surface area contributed by atoms with E-state index >= 15 is 0 Å². The molecule has 1 amide bonds. The summed E-state index contributed by atoms with van der Waals surface area (Å²) < 4.78 is 9.98. The number of carbonyl (C=O) groups excluding carboxylic acids is 1. The molecule has 2 N–H and O–H groups in total. The highest BCUT2D eigenvalue weighted by Gasteiger charge is 2.17. The first-order valence-corrected chi connectivity index (χ1v) is 4.87. The third-order valence-corrected chi connectivity index (χ3v) is 2.16. The molecular weight excluding hydrogens is 240 g/mol. The van der Waals surface area contributed by atoms with Crippen LogP contribution in [0.1, 0.15) is 5.56 Å². The highest BCUT2D eigenvalue weighted by Crippen LogP contribution is 2.34. The number of nitro benzene ring substituents is 1. The summed E-state index contributed by atoms with van der Waals surface area (Å²) in [4.78, 5) is 21.0. The number of primary amides is 1. The number of rotatable bonds is 5. The van der Waals surface area contributed by atoms with Crippen molar-refractivity contribution in [1.82, 2.24) is 0 Å². The zero-order valence-corrected chi connectivity index (χ0v) is 9.88. The van der Waals surface area contributed by atoms with E-state index < -0.39 is 10.8 Å². The van der Waals surface area contributed by atoms with Gasteiger partial charge in [-0.15, -0.1) is 0 Å². The van der Waals surface area contributed by atoms with Crippen LogP contribution in [0.3, 0.4) is 0 Å². The first-order chi connectivity index (χ1) is 8.49. The van der Waals surface area contributed by atoms with E-state index in [1.54, 1.807) is 0 Å². The standard InChI is InChI=1S/C11H12N2O5/c1-17-9-5-7(3-4-11(12)14)8(13(15)16)6-10(9)18-2/h3-6H,1-2H3,(H2,12,14)/b4-3+. The van der Waals surface area contributed by atoms with Crippen LogP contribution in [0.5, 0.6) is 11.5 Å². The monoisotopic (exact) mass is 252 g/mol. The second-order valence-corrected chi connectivity index (χ2v) is 3.26. The predicted molar refractivity (Wildman–Crippen MR) is 64.4 cm³/mol. The van der Waals surface area contributed by atoms with E-state index in [2.05, 4.69) is 0 Å². The Hall–Kier alpha value is -2.57. The quantitative estimate of drug-likeness (QED) is 0.480. The summed E-state index contributed by atoms with van der Waals surface area (Å²) in [6, 6.07) is 2.62. The van der Waals surface area contributed by atoms with Crippen LogP contribution in [0.2, 0.25) is 0 Å². The SMILES string of the molecule is COc1cc(/C=C/C(N)=O)c([N+](=O)[O-])cc1OC. The molecule has 7 heteroatoms. The number of benzene rings is 1. The van der Waals surface area contributed by atoms with Gasteiger partial charge in [-0.2, -0.15) is 0 Å². The molecule has 0 spiro atoms. The number of nitrogens with zero attached hydrogens (tertiary/aromatic N) is 1. The first-order valence-electron chi connectivity index (χ1n) is 4.87. The number of nitro groups is 1. The van der Waals surface area contributed by atoms with E-state index in [1.165, 1.54) is 32.4 Å². The van der Waals surface area contributed by atoms with Gasteiger partial charge >= 0.3 is 0 Å². The summed E-state index contributed by atoms with van der Waals surface area (Å²) in [7, 11) is 2.78. The molecule has 0 unspecified atom stereocenters. The number of amides is 1. The molecule has 96 valence electrons. The summed E-state index contributed by atoms with van der Waals surface area (Å²) in [5.41, 5.74) is 4.94. The second kappa shape index (κ2) is 5.67. The molecule has 0 aromatic heterocycles. The molecule has 0 saturated heterocycles. The minimum atomic E-state index is -0.695. The third-order valence-electron chi connectivity index (χ3n) is 2.16. The summed E-state index contributed by atoms with van der Waals surface area (Å²) in [5, 5.41) is 10.9. The van der Waals surface area contributed by atoms with Gasteiger partial charge in [-0.05, 0) is 12.1 Å². The Bertz CT molecular complexity index is 510. The lowest BCUT2D eigenvalue weighted by Gasteiger charge is -2.08. The molecule has 0 radical (unpaired) electrons. The third kappa shape index (κ3) is 2.97. The fourth-order valence-electron chi connectivity index (χ4n) is 1.35. The van der Waals surface area contributed by atoms with Crippen molar-refractivity contribution >= 4 is 17.7 Å². The Morgan fingerprint density at radius 1 is 1.33 bits per heavy atom. The maximum absolute atomic E-state index is 10.9. The van der Waals surface area contributed by atoms with Crippen molar-refractivity contribution in [2.24, 2.45) is 5.73 Å². The smallest absolute Gasteiger partial charge is 0.280 e. The minimum Gasteiger partial charge on any atom is -0.493 e. The Kier molecular flexibility index (Phi) is 4.25. The highest BCUT2D eigenvalue weighted by atomic mass is 16.6. The lowest BCUT2D eigenvalue weighted by molar-refractivity contribution is -0.385. The minimum absolute atomic E-state index is 0.204. The van der Waals surface area contributed by atoms with Crippen molar-refractivity contribution in [3.8, 4) is 11.5 Å². The van der Waals surface area contributed by atoms with E-state index in [4.69, 9.17) is 15.2 Å². The topological polar surface area (TPSA) is 105 Å². The number of methoxy groups -OCH3 is 2. The average molecular weight is 252 g/mol. The predicted octanol–water partition coefficient (Wildman–Crippen LogP) is 1.11. The van der Waals surface area contributed by atoms with Crippen LogP contribution in [0.15, 0.2) is 18.2 Å². The Labute approximate surface area is 103 Å². The van der Waals surface area contributed by atoms with Gasteiger partial charge in [0.15, 0.2) is 11.5 Å². The Morgan fingerprint density at radius 2 is 1.89 bits per heavy atom. The van der Waals surface area contributed by atoms with Crippen molar-refractivity contribution in [1.29, 1.82) is 0 Å². The highest BCUT2D eigenvalue weighted by molar-refractivity contribution is 5.91. The van der Waals surface area contributed by atoms with Gasteiger partial charge in [0.05, 0.1) is 30.8 Å². The van der Waals surface area contributed by atoms with Crippen LogP contribution in [-0.2, 0) is 4.79 Å². The van der Waals surface area contributed by atoms with E-state index in [0.29, 0.717) is 5.75 Å². The molecule has 0 aliphatic heterocycles. The molecular formula is C11H12N2O5. The van der Waals surface area contributed by atoms with Gasteiger partial charge in [0, 0.05) is 6.08 Å². The van der Waals surface area contributed by atoms with Crippen molar-refractivity contribution in [3.05, 3.63) is 33.9 Å². The fraction of sp³-hybridized carbons (Fsp3) is 0.182.